The Kier molecular flexibility index (Phi) is 1.65. The lowest BCUT2D eigenvalue weighted by Gasteiger charge is -2.08. The number of aromatic nitrogens is 1. The van der Waals surface area contributed by atoms with Crippen LogP contribution in [-0.2, 0) is 10.2 Å². The predicted octanol–water partition coefficient (Wildman–Crippen LogP) is 1.49. The van der Waals surface area contributed by atoms with Crippen LogP contribution in [-0.4, -0.2) is 16.1 Å². The third-order valence-corrected chi connectivity index (χ3v) is 2.57. The van der Waals surface area contributed by atoms with Crippen molar-refractivity contribution in [3.63, 3.8) is 0 Å². The number of nitrogens with zero attached hydrogens (tertiary/aromatic N) is 1. The van der Waals surface area contributed by atoms with Crippen molar-refractivity contribution in [1.82, 2.24) is 4.98 Å². The van der Waals surface area contributed by atoms with E-state index in [-0.39, 0.29) is 11.8 Å². The lowest BCUT2D eigenvalue weighted by molar-refractivity contribution is -0.137. The van der Waals surface area contributed by atoms with E-state index in [0.717, 1.165) is 24.3 Å². The molecule has 1 saturated carbocycles. The Morgan fingerprint density at radius 3 is 2.85 bits per heavy atom. The molecule has 0 aliphatic heterocycles. The van der Waals surface area contributed by atoms with Crippen LogP contribution < -0.4 is 0 Å². The lowest BCUT2D eigenvalue weighted by atomic mass is 9.98. The van der Waals surface area contributed by atoms with Gasteiger partial charge in [0.1, 0.15) is 5.76 Å². The molecule has 1 aliphatic carbocycles. The molecule has 4 heteroatoms. The van der Waals surface area contributed by atoms with E-state index in [4.69, 9.17) is 9.52 Å². The third kappa shape index (κ3) is 1.32. The average molecular weight is 181 g/mol. The molecular weight excluding hydrogens is 170 g/mol. The number of hydrogen-bond acceptors (Lipinski definition) is 3. The maximum Gasteiger partial charge on any atom is 0.304 e. The molecule has 70 valence electrons. The molecule has 0 bridgehead atoms. The number of carbonyl (C=O) groups is 1. The average Bonchev–Trinajstić information content (AvgIpc) is 2.65. The van der Waals surface area contributed by atoms with E-state index in [9.17, 15) is 4.79 Å². The van der Waals surface area contributed by atoms with Crippen LogP contribution >= 0.6 is 0 Å². The monoisotopic (exact) mass is 181 g/mol. The summed E-state index contributed by atoms with van der Waals surface area (Å²) in [6.07, 6.45) is 3.33. The molecule has 1 aliphatic rings. The van der Waals surface area contributed by atoms with Gasteiger partial charge in [0, 0.05) is 5.41 Å². The standard InChI is InChI=1S/C9H11NO3/c1-6-8(13-5-10-6)9(2-3-9)4-7(11)12/h5H,2-4H2,1H3,(H,11,12). The smallest absolute Gasteiger partial charge is 0.304 e. The van der Waals surface area contributed by atoms with Gasteiger partial charge in [-0.05, 0) is 19.8 Å². The van der Waals surface area contributed by atoms with Crippen LogP contribution in [0.5, 0.6) is 0 Å². The minimum Gasteiger partial charge on any atom is -0.481 e. The second-order valence-electron chi connectivity index (χ2n) is 3.62. The molecule has 0 spiro atoms. The van der Waals surface area contributed by atoms with Crippen molar-refractivity contribution in [2.75, 3.05) is 0 Å². The minimum absolute atomic E-state index is 0.156. The molecule has 1 fully saturated rings. The van der Waals surface area contributed by atoms with E-state index in [1.807, 2.05) is 6.92 Å². The van der Waals surface area contributed by atoms with Crippen LogP contribution in [0, 0.1) is 6.92 Å². The summed E-state index contributed by atoms with van der Waals surface area (Å²) in [4.78, 5) is 14.6. The predicted molar refractivity (Wildman–Crippen MR) is 44.4 cm³/mol. The summed E-state index contributed by atoms with van der Waals surface area (Å²) in [6, 6.07) is 0. The van der Waals surface area contributed by atoms with E-state index in [2.05, 4.69) is 4.98 Å². The molecule has 4 nitrogen and oxygen atoms in total. The van der Waals surface area contributed by atoms with Crippen molar-refractivity contribution in [1.29, 1.82) is 0 Å². The van der Waals surface area contributed by atoms with Gasteiger partial charge in [-0.3, -0.25) is 4.79 Å². The van der Waals surface area contributed by atoms with Crippen molar-refractivity contribution < 1.29 is 14.3 Å². The Labute approximate surface area is 75.6 Å². The second kappa shape index (κ2) is 2.58. The van der Waals surface area contributed by atoms with Gasteiger partial charge in [-0.15, -0.1) is 0 Å². The first kappa shape index (κ1) is 8.29. The fourth-order valence-corrected chi connectivity index (χ4v) is 1.74. The van der Waals surface area contributed by atoms with E-state index < -0.39 is 5.97 Å². The summed E-state index contributed by atoms with van der Waals surface area (Å²) in [7, 11) is 0. The fourth-order valence-electron chi connectivity index (χ4n) is 1.74. The topological polar surface area (TPSA) is 63.3 Å². The van der Waals surface area contributed by atoms with Crippen molar-refractivity contribution in [2.24, 2.45) is 0 Å². The Bertz CT molecular complexity index is 338. The fraction of sp³-hybridized carbons (Fsp3) is 0.556. The summed E-state index contributed by atoms with van der Waals surface area (Å²) in [5.41, 5.74) is 0.575. The Hall–Kier alpha value is -1.32. The van der Waals surface area contributed by atoms with E-state index in [1.54, 1.807) is 0 Å². The molecule has 0 aromatic carbocycles. The van der Waals surface area contributed by atoms with Gasteiger partial charge in [0.05, 0.1) is 12.1 Å². The number of hydrogen-bond donors (Lipinski definition) is 1. The van der Waals surface area contributed by atoms with Gasteiger partial charge in [-0.25, -0.2) is 4.98 Å². The van der Waals surface area contributed by atoms with Crippen LogP contribution in [0.15, 0.2) is 10.8 Å². The maximum absolute atomic E-state index is 10.6. The van der Waals surface area contributed by atoms with E-state index >= 15 is 0 Å². The molecule has 1 aromatic rings. The van der Waals surface area contributed by atoms with Crippen molar-refractivity contribution >= 4 is 5.97 Å². The second-order valence-corrected chi connectivity index (χ2v) is 3.62. The Morgan fingerprint density at radius 2 is 2.46 bits per heavy atom. The molecule has 1 heterocycles. The Balaban J connectivity index is 2.25. The highest BCUT2D eigenvalue weighted by atomic mass is 16.4. The number of oxazole rings is 1. The zero-order valence-electron chi connectivity index (χ0n) is 7.41. The molecule has 1 N–H and O–H groups in total. The first-order chi connectivity index (χ1) is 6.14. The third-order valence-electron chi connectivity index (χ3n) is 2.57. The number of aliphatic carboxylic acids is 1. The SMILES string of the molecule is Cc1ncoc1C1(CC(=O)O)CC1. The Morgan fingerprint density at radius 1 is 1.77 bits per heavy atom. The van der Waals surface area contributed by atoms with Gasteiger partial charge in [-0.1, -0.05) is 0 Å². The minimum atomic E-state index is -0.770. The van der Waals surface area contributed by atoms with Gasteiger partial charge >= 0.3 is 5.97 Å². The lowest BCUT2D eigenvalue weighted by Crippen LogP contribution is -2.13. The van der Waals surface area contributed by atoms with Crippen LogP contribution in [0.25, 0.3) is 0 Å². The summed E-state index contributed by atoms with van der Waals surface area (Å²) < 4.78 is 5.22. The molecule has 13 heavy (non-hydrogen) atoms. The van der Waals surface area contributed by atoms with E-state index in [0.29, 0.717) is 0 Å². The first-order valence-corrected chi connectivity index (χ1v) is 4.26. The quantitative estimate of drug-likeness (QED) is 0.767. The molecule has 0 atom stereocenters. The van der Waals surface area contributed by atoms with Crippen molar-refractivity contribution in [3.05, 3.63) is 17.8 Å². The molecule has 0 radical (unpaired) electrons. The number of rotatable bonds is 3. The molecule has 0 saturated heterocycles. The van der Waals surface area contributed by atoms with Crippen LogP contribution in [0.3, 0.4) is 0 Å². The zero-order valence-corrected chi connectivity index (χ0v) is 7.41. The highest BCUT2D eigenvalue weighted by molar-refractivity contribution is 5.69. The van der Waals surface area contributed by atoms with Gasteiger partial charge in [-0.2, -0.15) is 0 Å². The zero-order chi connectivity index (χ0) is 9.47. The molecule has 1 aromatic heterocycles. The van der Waals surface area contributed by atoms with Gasteiger partial charge in [0.2, 0.25) is 0 Å². The first-order valence-electron chi connectivity index (χ1n) is 4.26. The molecule has 0 unspecified atom stereocenters. The summed E-state index contributed by atoms with van der Waals surface area (Å²) in [5, 5.41) is 8.72. The molecular formula is C9H11NO3. The number of aryl methyl sites for hydroxylation is 1. The van der Waals surface area contributed by atoms with Crippen LogP contribution in [0.2, 0.25) is 0 Å². The number of carboxylic acid groups (broad SMARTS) is 1. The van der Waals surface area contributed by atoms with Crippen molar-refractivity contribution in [3.8, 4) is 0 Å². The van der Waals surface area contributed by atoms with Crippen LogP contribution in [0.4, 0.5) is 0 Å². The van der Waals surface area contributed by atoms with E-state index in [1.165, 1.54) is 6.39 Å². The van der Waals surface area contributed by atoms with Gasteiger partial charge in [0.15, 0.2) is 6.39 Å². The number of carboxylic acids is 1. The summed E-state index contributed by atoms with van der Waals surface area (Å²) in [5.74, 6) is -0.0109. The summed E-state index contributed by atoms with van der Waals surface area (Å²) >= 11 is 0. The molecule has 0 amide bonds. The maximum atomic E-state index is 10.6. The highest BCUT2D eigenvalue weighted by Gasteiger charge is 2.49. The van der Waals surface area contributed by atoms with Gasteiger partial charge < -0.3 is 9.52 Å². The summed E-state index contributed by atoms with van der Waals surface area (Å²) in [6.45, 7) is 1.85. The largest absolute Gasteiger partial charge is 0.481 e. The van der Waals surface area contributed by atoms with Crippen molar-refractivity contribution in [2.45, 2.75) is 31.6 Å². The molecule has 2 rings (SSSR count). The van der Waals surface area contributed by atoms with Gasteiger partial charge in [0.25, 0.3) is 0 Å². The normalized spacial score (nSPS) is 18.5. The highest BCUT2D eigenvalue weighted by Crippen LogP contribution is 2.51. The van der Waals surface area contributed by atoms with Crippen LogP contribution in [0.1, 0.15) is 30.7 Å².